The van der Waals surface area contributed by atoms with Crippen LogP contribution >= 0.6 is 0 Å². The van der Waals surface area contributed by atoms with E-state index in [0.717, 1.165) is 12.0 Å². The average Bonchev–Trinajstić information content (AvgIpc) is 2.65. The van der Waals surface area contributed by atoms with Crippen molar-refractivity contribution in [3.8, 4) is 0 Å². The molecule has 2 heterocycles. The van der Waals surface area contributed by atoms with Crippen LogP contribution in [0.3, 0.4) is 0 Å². The molecular formula is C15H22O2. The van der Waals surface area contributed by atoms with E-state index in [2.05, 4.69) is 27.4 Å². The van der Waals surface area contributed by atoms with E-state index in [1.807, 2.05) is 0 Å². The summed E-state index contributed by atoms with van der Waals surface area (Å²) in [5.74, 6) is -0.0760. The standard InChI is InChI=1S/C15H22O2/c1-9(2)13-8-14-11(4)5-6-12(14)10(3)7-15(13,16)17-14/h11-12,16H,3,5-8H2,1-2,4H3/t11-,12?,14-,15+/m1/s1. The second-order valence-corrected chi connectivity index (χ2v) is 6.36. The Bertz CT molecular complexity index is 419. The molecule has 94 valence electrons. The van der Waals surface area contributed by atoms with Gasteiger partial charge in [-0.05, 0) is 38.2 Å². The molecule has 1 N–H and O–H groups in total. The molecule has 0 aromatic heterocycles. The van der Waals surface area contributed by atoms with Gasteiger partial charge < -0.3 is 9.84 Å². The first kappa shape index (κ1) is 11.5. The summed E-state index contributed by atoms with van der Waals surface area (Å²) < 4.78 is 6.19. The highest BCUT2D eigenvalue weighted by Gasteiger charge is 2.64. The zero-order chi connectivity index (χ0) is 12.4. The number of fused-ring (bicyclic) bond motifs is 1. The van der Waals surface area contributed by atoms with E-state index in [1.54, 1.807) is 0 Å². The average molecular weight is 234 g/mol. The number of aliphatic hydroxyl groups is 1. The summed E-state index contributed by atoms with van der Waals surface area (Å²) in [4.78, 5) is 0. The van der Waals surface area contributed by atoms with Crippen molar-refractivity contribution >= 4 is 0 Å². The van der Waals surface area contributed by atoms with Crippen LogP contribution in [0, 0.1) is 11.8 Å². The third-order valence-electron chi connectivity index (χ3n) is 5.16. The van der Waals surface area contributed by atoms with E-state index in [1.165, 1.54) is 24.0 Å². The predicted molar refractivity (Wildman–Crippen MR) is 67.4 cm³/mol. The Hall–Kier alpha value is -0.600. The van der Waals surface area contributed by atoms with Gasteiger partial charge in [0.25, 0.3) is 0 Å². The number of hydrogen-bond acceptors (Lipinski definition) is 2. The van der Waals surface area contributed by atoms with Crippen molar-refractivity contribution < 1.29 is 9.84 Å². The molecule has 1 aliphatic carbocycles. The largest absolute Gasteiger partial charge is 0.362 e. The maximum Gasteiger partial charge on any atom is 0.193 e. The van der Waals surface area contributed by atoms with Gasteiger partial charge in [-0.15, -0.1) is 0 Å². The molecule has 1 spiro atoms. The number of rotatable bonds is 0. The molecule has 2 aliphatic heterocycles. The molecule has 3 rings (SSSR count). The summed E-state index contributed by atoms with van der Waals surface area (Å²) in [7, 11) is 0. The molecule has 1 unspecified atom stereocenters. The molecule has 3 aliphatic rings. The quantitative estimate of drug-likeness (QED) is 0.652. The van der Waals surface area contributed by atoms with E-state index in [-0.39, 0.29) is 5.60 Å². The van der Waals surface area contributed by atoms with Crippen LogP contribution in [0.4, 0.5) is 0 Å². The lowest BCUT2D eigenvalue weighted by Gasteiger charge is -2.42. The molecule has 4 atom stereocenters. The van der Waals surface area contributed by atoms with Crippen LogP contribution in [0.15, 0.2) is 23.3 Å². The predicted octanol–water partition coefficient (Wildman–Crippen LogP) is 3.18. The lowest BCUT2D eigenvalue weighted by molar-refractivity contribution is -0.242. The maximum absolute atomic E-state index is 10.7. The van der Waals surface area contributed by atoms with E-state index < -0.39 is 5.79 Å². The smallest absolute Gasteiger partial charge is 0.193 e. The Kier molecular flexibility index (Phi) is 2.19. The monoisotopic (exact) mass is 234 g/mol. The van der Waals surface area contributed by atoms with Crippen LogP contribution in [0.5, 0.6) is 0 Å². The molecule has 2 heteroatoms. The Balaban J connectivity index is 2.14. The highest BCUT2D eigenvalue weighted by Crippen LogP contribution is 2.62. The van der Waals surface area contributed by atoms with Crippen molar-refractivity contribution in [2.75, 3.05) is 0 Å². The van der Waals surface area contributed by atoms with Crippen molar-refractivity contribution in [1.82, 2.24) is 0 Å². The third-order valence-corrected chi connectivity index (χ3v) is 5.16. The van der Waals surface area contributed by atoms with Gasteiger partial charge in [0.15, 0.2) is 5.79 Å². The summed E-state index contributed by atoms with van der Waals surface area (Å²) >= 11 is 0. The molecule has 0 radical (unpaired) electrons. The molecule has 2 bridgehead atoms. The number of ether oxygens (including phenoxy) is 1. The van der Waals surface area contributed by atoms with E-state index >= 15 is 0 Å². The van der Waals surface area contributed by atoms with E-state index in [9.17, 15) is 5.11 Å². The summed E-state index contributed by atoms with van der Waals surface area (Å²) in [6.45, 7) is 10.6. The second kappa shape index (κ2) is 3.24. The van der Waals surface area contributed by atoms with Crippen molar-refractivity contribution in [2.24, 2.45) is 11.8 Å². The summed E-state index contributed by atoms with van der Waals surface area (Å²) in [5, 5.41) is 10.7. The van der Waals surface area contributed by atoms with E-state index in [4.69, 9.17) is 4.74 Å². The fourth-order valence-corrected chi connectivity index (χ4v) is 4.24. The van der Waals surface area contributed by atoms with Gasteiger partial charge in [-0.2, -0.15) is 0 Å². The zero-order valence-electron chi connectivity index (χ0n) is 11.0. The Labute approximate surface area is 103 Å². The zero-order valence-corrected chi connectivity index (χ0v) is 11.0. The number of allylic oxidation sites excluding steroid dienone is 1. The topological polar surface area (TPSA) is 29.5 Å². The second-order valence-electron chi connectivity index (χ2n) is 6.36. The maximum atomic E-state index is 10.7. The van der Waals surface area contributed by atoms with Gasteiger partial charge in [0.05, 0.1) is 5.60 Å². The molecule has 0 amide bonds. The summed E-state index contributed by atoms with van der Waals surface area (Å²) in [6.07, 6.45) is 3.85. The summed E-state index contributed by atoms with van der Waals surface area (Å²) in [6, 6.07) is 0. The van der Waals surface area contributed by atoms with Gasteiger partial charge in [-0.3, -0.25) is 0 Å². The van der Waals surface area contributed by atoms with Crippen molar-refractivity contribution in [1.29, 1.82) is 0 Å². The fourth-order valence-electron chi connectivity index (χ4n) is 4.24. The molecule has 0 aromatic carbocycles. The molecular weight excluding hydrogens is 212 g/mol. The molecule has 17 heavy (non-hydrogen) atoms. The van der Waals surface area contributed by atoms with Gasteiger partial charge >= 0.3 is 0 Å². The number of hydrogen-bond donors (Lipinski definition) is 1. The normalized spacial score (nSPS) is 48.5. The van der Waals surface area contributed by atoms with Gasteiger partial charge in [-0.1, -0.05) is 24.6 Å². The van der Waals surface area contributed by atoms with Crippen LogP contribution in [0.25, 0.3) is 0 Å². The Morgan fingerprint density at radius 3 is 2.71 bits per heavy atom. The first-order chi connectivity index (χ1) is 7.89. The first-order valence-electron chi connectivity index (χ1n) is 6.66. The lowest BCUT2D eigenvalue weighted by Crippen LogP contribution is -2.47. The van der Waals surface area contributed by atoms with Crippen molar-refractivity contribution in [2.45, 2.75) is 57.8 Å². The minimum atomic E-state index is -1.05. The van der Waals surface area contributed by atoms with E-state index in [0.29, 0.717) is 18.3 Å². The SMILES string of the molecule is C=C1C[C@]2(O)O[C@@]3(CC2=C(C)C)C1CC[C@H]3C. The van der Waals surface area contributed by atoms with Crippen molar-refractivity contribution in [3.05, 3.63) is 23.3 Å². The highest BCUT2D eigenvalue weighted by molar-refractivity contribution is 5.36. The Morgan fingerprint density at radius 1 is 1.35 bits per heavy atom. The van der Waals surface area contributed by atoms with Crippen LogP contribution < -0.4 is 0 Å². The fraction of sp³-hybridized carbons (Fsp3) is 0.733. The summed E-state index contributed by atoms with van der Waals surface area (Å²) in [5.41, 5.74) is 3.35. The van der Waals surface area contributed by atoms with Gasteiger partial charge in [0, 0.05) is 18.8 Å². The minimum Gasteiger partial charge on any atom is -0.362 e. The lowest BCUT2D eigenvalue weighted by atomic mass is 9.78. The van der Waals surface area contributed by atoms with Crippen molar-refractivity contribution in [3.63, 3.8) is 0 Å². The van der Waals surface area contributed by atoms with Crippen LogP contribution in [0.1, 0.15) is 46.5 Å². The van der Waals surface area contributed by atoms with Crippen LogP contribution in [0.2, 0.25) is 0 Å². The third kappa shape index (κ3) is 1.28. The minimum absolute atomic E-state index is 0.156. The molecule has 3 fully saturated rings. The van der Waals surface area contributed by atoms with Gasteiger partial charge in [0.1, 0.15) is 0 Å². The van der Waals surface area contributed by atoms with Crippen LogP contribution in [-0.4, -0.2) is 16.5 Å². The molecule has 2 nitrogen and oxygen atoms in total. The molecule has 2 saturated heterocycles. The highest BCUT2D eigenvalue weighted by atomic mass is 16.6. The van der Waals surface area contributed by atoms with Gasteiger partial charge in [-0.25, -0.2) is 0 Å². The van der Waals surface area contributed by atoms with Gasteiger partial charge in [0.2, 0.25) is 0 Å². The molecule has 1 saturated carbocycles. The Morgan fingerprint density at radius 2 is 2.06 bits per heavy atom. The molecule has 0 aromatic rings. The van der Waals surface area contributed by atoms with Crippen LogP contribution in [-0.2, 0) is 4.74 Å². The first-order valence-corrected chi connectivity index (χ1v) is 6.66.